The summed E-state index contributed by atoms with van der Waals surface area (Å²) in [6, 6.07) is 14.0. The summed E-state index contributed by atoms with van der Waals surface area (Å²) in [7, 11) is 1.53. The van der Waals surface area contributed by atoms with Crippen LogP contribution in [-0.4, -0.2) is 80.3 Å². The first-order valence-electron chi connectivity index (χ1n) is 15.0. The van der Waals surface area contributed by atoms with Gasteiger partial charge in [0.25, 0.3) is 5.91 Å². The number of ether oxygens (including phenoxy) is 2. The standard InChI is InChI=1S/C32H38N8O5/c1-4-27-33-13-16-38(27)15-12-29(42)39-17-14-34-32(43)24-10-11-25(44-3)26(20-24)45-19-18-40-31(22(2)35-28(41)21-39)36-30(37-40)23-8-6-5-7-9-23/h5-11,13,16,20,22H,4,12,14-15,17-19,21H2,1-3H3,(H,34,43)(H,35,41)/t22-/m1/s1. The van der Waals surface area contributed by atoms with E-state index in [0.717, 1.165) is 17.8 Å². The number of fused-ring (bicyclic) bond motifs is 3. The van der Waals surface area contributed by atoms with Gasteiger partial charge >= 0.3 is 0 Å². The molecule has 3 heterocycles. The van der Waals surface area contributed by atoms with Gasteiger partial charge < -0.3 is 29.6 Å². The highest BCUT2D eigenvalue weighted by Crippen LogP contribution is 2.28. The van der Waals surface area contributed by atoms with Crippen LogP contribution < -0.4 is 20.1 Å². The van der Waals surface area contributed by atoms with Gasteiger partial charge in [-0.25, -0.2) is 14.6 Å². The van der Waals surface area contributed by atoms with E-state index in [0.29, 0.717) is 41.8 Å². The van der Waals surface area contributed by atoms with Crippen molar-refractivity contribution in [2.24, 2.45) is 0 Å². The Bertz CT molecular complexity index is 1630. The number of nitrogens with one attached hydrogen (secondary N) is 2. The maximum absolute atomic E-state index is 13.4. The lowest BCUT2D eigenvalue weighted by molar-refractivity contribution is -0.136. The van der Waals surface area contributed by atoms with Gasteiger partial charge in [-0.1, -0.05) is 37.3 Å². The van der Waals surface area contributed by atoms with Crippen molar-refractivity contribution < 1.29 is 23.9 Å². The topological polar surface area (TPSA) is 146 Å². The van der Waals surface area contributed by atoms with E-state index in [2.05, 4.69) is 15.6 Å². The molecule has 0 saturated heterocycles. The molecule has 1 aliphatic rings. The summed E-state index contributed by atoms with van der Waals surface area (Å²) in [6.45, 7) is 4.89. The lowest BCUT2D eigenvalue weighted by Crippen LogP contribution is -2.45. The van der Waals surface area contributed by atoms with Crippen LogP contribution in [0.4, 0.5) is 0 Å². The van der Waals surface area contributed by atoms with Gasteiger partial charge in [0.05, 0.1) is 26.2 Å². The minimum Gasteiger partial charge on any atom is -0.493 e. The van der Waals surface area contributed by atoms with Crippen molar-refractivity contribution in [3.8, 4) is 22.9 Å². The molecule has 2 N–H and O–H groups in total. The molecule has 1 atom stereocenters. The first-order valence-corrected chi connectivity index (χ1v) is 15.0. The molecular formula is C32H38N8O5. The number of imidazole rings is 1. The van der Waals surface area contributed by atoms with Gasteiger partial charge in [0.15, 0.2) is 17.3 Å². The van der Waals surface area contributed by atoms with Gasteiger partial charge in [-0.2, -0.15) is 5.10 Å². The van der Waals surface area contributed by atoms with Crippen molar-refractivity contribution in [1.82, 2.24) is 39.8 Å². The summed E-state index contributed by atoms with van der Waals surface area (Å²) in [5, 5.41) is 10.5. The maximum atomic E-state index is 13.4. The van der Waals surface area contributed by atoms with Crippen molar-refractivity contribution in [2.75, 3.05) is 33.4 Å². The highest BCUT2D eigenvalue weighted by molar-refractivity contribution is 5.95. The van der Waals surface area contributed by atoms with Gasteiger partial charge in [-0.3, -0.25) is 14.4 Å². The number of rotatable bonds is 6. The minimum atomic E-state index is -0.522. The molecule has 0 radical (unpaired) electrons. The Morgan fingerprint density at radius 1 is 1.11 bits per heavy atom. The van der Waals surface area contributed by atoms with Gasteiger partial charge in [0.2, 0.25) is 11.8 Å². The number of aryl methyl sites for hydroxylation is 2. The average molecular weight is 615 g/mol. The Labute approximate surface area is 261 Å². The quantitative estimate of drug-likeness (QED) is 0.337. The molecule has 2 bridgehead atoms. The first kappa shape index (κ1) is 31.2. The summed E-state index contributed by atoms with van der Waals surface area (Å²) < 4.78 is 15.1. The van der Waals surface area contributed by atoms with Crippen LogP contribution in [0.1, 0.15) is 48.3 Å². The van der Waals surface area contributed by atoms with Crippen molar-refractivity contribution in [3.63, 3.8) is 0 Å². The molecular weight excluding hydrogens is 576 g/mol. The predicted molar refractivity (Wildman–Crippen MR) is 166 cm³/mol. The zero-order chi connectivity index (χ0) is 31.8. The number of methoxy groups -OCH3 is 1. The van der Waals surface area contributed by atoms with Crippen LogP contribution >= 0.6 is 0 Å². The summed E-state index contributed by atoms with van der Waals surface area (Å²) >= 11 is 0. The Hall–Kier alpha value is -5.20. The van der Waals surface area contributed by atoms with Crippen LogP contribution in [0.15, 0.2) is 60.9 Å². The fourth-order valence-electron chi connectivity index (χ4n) is 5.18. The minimum absolute atomic E-state index is 0.144. The fourth-order valence-corrected chi connectivity index (χ4v) is 5.18. The predicted octanol–water partition coefficient (Wildman–Crippen LogP) is 2.63. The largest absolute Gasteiger partial charge is 0.493 e. The van der Waals surface area contributed by atoms with Crippen molar-refractivity contribution in [2.45, 2.75) is 45.8 Å². The summed E-state index contributed by atoms with van der Waals surface area (Å²) in [5.41, 5.74) is 1.21. The second-order valence-corrected chi connectivity index (χ2v) is 10.6. The van der Waals surface area contributed by atoms with Crippen LogP contribution in [0.2, 0.25) is 0 Å². The molecule has 236 valence electrons. The molecule has 0 spiro atoms. The zero-order valence-electron chi connectivity index (χ0n) is 25.7. The lowest BCUT2D eigenvalue weighted by atomic mass is 10.2. The van der Waals surface area contributed by atoms with E-state index in [1.807, 2.05) is 54.9 Å². The smallest absolute Gasteiger partial charge is 0.251 e. The molecule has 2 aromatic heterocycles. The highest BCUT2D eigenvalue weighted by atomic mass is 16.5. The van der Waals surface area contributed by atoms with Crippen molar-refractivity contribution in [1.29, 1.82) is 0 Å². The average Bonchev–Trinajstić information content (AvgIpc) is 3.70. The van der Waals surface area contributed by atoms with E-state index in [-0.39, 0.29) is 50.4 Å². The Balaban J connectivity index is 1.42. The van der Waals surface area contributed by atoms with Crippen LogP contribution in [0.25, 0.3) is 11.4 Å². The maximum Gasteiger partial charge on any atom is 0.251 e. The molecule has 0 unspecified atom stereocenters. The van der Waals surface area contributed by atoms with Gasteiger partial charge in [0, 0.05) is 56.0 Å². The van der Waals surface area contributed by atoms with E-state index in [1.165, 1.54) is 12.0 Å². The van der Waals surface area contributed by atoms with E-state index in [4.69, 9.17) is 19.6 Å². The number of carbonyl (C=O) groups excluding carboxylic acids is 3. The number of aromatic nitrogens is 5. The summed E-state index contributed by atoms with van der Waals surface area (Å²) in [4.78, 5) is 50.3. The number of hydrogen-bond acceptors (Lipinski definition) is 8. The Morgan fingerprint density at radius 3 is 2.71 bits per heavy atom. The third-order valence-electron chi connectivity index (χ3n) is 7.52. The Kier molecular flexibility index (Phi) is 10.1. The SMILES string of the molecule is CCc1nccn1CCC(=O)N1CCNC(=O)c2ccc(OC)c(c2)OCCn2nc(-c3ccccc3)nc2[C@@H](C)NC(=O)C1. The van der Waals surface area contributed by atoms with Crippen molar-refractivity contribution >= 4 is 17.7 Å². The fraction of sp³-hybridized carbons (Fsp3) is 0.375. The molecule has 13 nitrogen and oxygen atoms in total. The third-order valence-corrected chi connectivity index (χ3v) is 7.52. The van der Waals surface area contributed by atoms with Crippen LogP contribution in [-0.2, 0) is 29.1 Å². The number of hydrogen-bond donors (Lipinski definition) is 2. The highest BCUT2D eigenvalue weighted by Gasteiger charge is 2.23. The monoisotopic (exact) mass is 614 g/mol. The third kappa shape index (κ3) is 7.66. The number of benzene rings is 2. The van der Waals surface area contributed by atoms with E-state index in [9.17, 15) is 14.4 Å². The molecule has 45 heavy (non-hydrogen) atoms. The number of nitrogens with zero attached hydrogens (tertiary/aromatic N) is 6. The molecule has 2 aromatic carbocycles. The van der Waals surface area contributed by atoms with Gasteiger partial charge in [-0.05, 0) is 25.1 Å². The second kappa shape index (κ2) is 14.5. The van der Waals surface area contributed by atoms with E-state index < -0.39 is 6.04 Å². The summed E-state index contributed by atoms with van der Waals surface area (Å²) in [6.07, 6.45) is 4.46. The normalized spacial score (nSPS) is 16.2. The van der Waals surface area contributed by atoms with Gasteiger partial charge in [-0.15, -0.1) is 0 Å². The zero-order valence-corrected chi connectivity index (χ0v) is 25.7. The number of amides is 3. The molecule has 4 aromatic rings. The number of carbonyl (C=O) groups is 3. The van der Waals surface area contributed by atoms with Gasteiger partial charge in [0.1, 0.15) is 18.3 Å². The molecule has 5 rings (SSSR count). The lowest BCUT2D eigenvalue weighted by Gasteiger charge is -2.24. The second-order valence-electron chi connectivity index (χ2n) is 10.6. The molecule has 13 heteroatoms. The van der Waals surface area contributed by atoms with E-state index >= 15 is 0 Å². The van der Waals surface area contributed by atoms with Crippen LogP contribution in [0, 0.1) is 0 Å². The molecule has 3 amide bonds. The molecule has 0 fully saturated rings. The van der Waals surface area contributed by atoms with Crippen LogP contribution in [0.5, 0.6) is 11.5 Å². The molecule has 0 saturated carbocycles. The Morgan fingerprint density at radius 2 is 1.93 bits per heavy atom. The molecule has 0 aliphatic carbocycles. The summed E-state index contributed by atoms with van der Waals surface area (Å²) in [5.74, 6) is 1.92. The van der Waals surface area contributed by atoms with Crippen LogP contribution in [0.3, 0.4) is 0 Å². The van der Waals surface area contributed by atoms with Crippen molar-refractivity contribution in [3.05, 3.63) is 78.1 Å². The van der Waals surface area contributed by atoms with E-state index in [1.54, 1.807) is 29.1 Å². The first-order chi connectivity index (χ1) is 21.9. The molecule has 1 aliphatic heterocycles.